The number of aryl methyl sites for hydroxylation is 3. The first-order valence-corrected chi connectivity index (χ1v) is 8.26. The lowest BCUT2D eigenvalue weighted by molar-refractivity contribution is 0.964. The highest BCUT2D eigenvalue weighted by Crippen LogP contribution is 2.29. The third kappa shape index (κ3) is 4.43. The molecule has 0 amide bonds. The van der Waals surface area contributed by atoms with E-state index in [1.54, 1.807) is 0 Å². The molecule has 0 saturated heterocycles. The molecule has 0 N–H and O–H groups in total. The van der Waals surface area contributed by atoms with Crippen LogP contribution in [0.15, 0.2) is 60.1 Å². The van der Waals surface area contributed by atoms with Crippen LogP contribution in [0.3, 0.4) is 0 Å². The van der Waals surface area contributed by atoms with Gasteiger partial charge in [-0.05, 0) is 61.1 Å². The van der Waals surface area contributed by atoms with Gasteiger partial charge >= 0.3 is 0 Å². The van der Waals surface area contributed by atoms with Crippen molar-refractivity contribution in [2.75, 3.05) is 0 Å². The lowest BCUT2D eigenvalue weighted by atomic mass is 9.81. The van der Waals surface area contributed by atoms with Crippen LogP contribution in [-0.2, 0) is 6.42 Å². The quantitative estimate of drug-likeness (QED) is 0.377. The Kier molecular flexibility index (Phi) is 6.13. The summed E-state index contributed by atoms with van der Waals surface area (Å²) in [7, 11) is 6.05. The summed E-state index contributed by atoms with van der Waals surface area (Å²) in [4.78, 5) is 0. The molecule has 0 saturated carbocycles. The molecule has 2 radical (unpaired) electrons. The molecule has 0 fully saturated rings. The van der Waals surface area contributed by atoms with E-state index in [0.29, 0.717) is 10.5 Å². The maximum absolute atomic E-state index is 6.15. The number of hydrogen-bond donors (Lipinski definition) is 0. The van der Waals surface area contributed by atoms with Crippen LogP contribution in [-0.4, -0.2) is 7.85 Å². The Labute approximate surface area is 151 Å². The second kappa shape index (κ2) is 8.09. The number of hydrogen-bond acceptors (Lipinski definition) is 0. The Morgan fingerprint density at radius 3 is 2.42 bits per heavy atom. The van der Waals surface area contributed by atoms with Crippen LogP contribution in [0.25, 0.3) is 5.57 Å². The fourth-order valence-corrected chi connectivity index (χ4v) is 2.83. The van der Waals surface area contributed by atoms with Gasteiger partial charge in [0.2, 0.25) is 0 Å². The van der Waals surface area contributed by atoms with Gasteiger partial charge in [0.05, 0.1) is 0 Å². The van der Waals surface area contributed by atoms with Crippen molar-refractivity contribution in [2.24, 2.45) is 0 Å². The van der Waals surface area contributed by atoms with Crippen LogP contribution >= 0.6 is 11.6 Å². The number of terminal acetylenes is 1. The maximum Gasteiger partial charge on any atom is 0.113 e. The van der Waals surface area contributed by atoms with Gasteiger partial charge in [0.15, 0.2) is 0 Å². The average Bonchev–Trinajstić information content (AvgIpc) is 2.55. The minimum atomic E-state index is 0.509. The van der Waals surface area contributed by atoms with Crippen molar-refractivity contribution in [3.05, 3.63) is 87.4 Å². The van der Waals surface area contributed by atoms with Gasteiger partial charge in [-0.25, -0.2) is 0 Å². The van der Waals surface area contributed by atoms with Gasteiger partial charge in [0.1, 0.15) is 7.85 Å². The van der Waals surface area contributed by atoms with Gasteiger partial charge in [0, 0.05) is 10.6 Å². The first-order valence-electron chi connectivity index (χ1n) is 7.89. The molecule has 118 valence electrons. The lowest BCUT2D eigenvalue weighted by Crippen LogP contribution is -1.99. The second-order valence-corrected chi connectivity index (χ2v) is 6.40. The molecule has 2 rings (SSSR count). The molecular formula is C22H20BCl. The van der Waals surface area contributed by atoms with Gasteiger partial charge in [0.25, 0.3) is 0 Å². The van der Waals surface area contributed by atoms with Crippen LogP contribution in [0.5, 0.6) is 0 Å². The Balaban J connectivity index is 2.40. The third-order valence-corrected chi connectivity index (χ3v) is 4.32. The van der Waals surface area contributed by atoms with Crippen LogP contribution in [0.4, 0.5) is 0 Å². The minimum absolute atomic E-state index is 0.509. The van der Waals surface area contributed by atoms with E-state index in [9.17, 15) is 0 Å². The van der Waals surface area contributed by atoms with Crippen molar-refractivity contribution in [2.45, 2.75) is 26.7 Å². The van der Waals surface area contributed by atoms with Crippen molar-refractivity contribution >= 4 is 25.0 Å². The predicted octanol–water partition coefficient (Wildman–Crippen LogP) is 5.66. The highest BCUT2D eigenvalue weighted by atomic mass is 35.5. The van der Waals surface area contributed by atoms with Crippen LogP contribution in [0, 0.1) is 26.2 Å². The molecule has 24 heavy (non-hydrogen) atoms. The molecule has 0 atom stereocenters. The summed E-state index contributed by atoms with van der Waals surface area (Å²) in [6, 6.07) is 14.2. The number of rotatable bonds is 5. The molecule has 0 aromatic heterocycles. The summed E-state index contributed by atoms with van der Waals surface area (Å²) in [5.41, 5.74) is 6.69. The molecule has 2 aromatic carbocycles. The number of halogens is 1. The molecular weight excluding hydrogens is 311 g/mol. The molecule has 0 aliphatic rings. The standard InChI is InChI=1S/C22H20BCl/c1-5-20(22-14-19(24)12-8-16(22)3)21(17(4)23)13-11-18-9-6-15(2)7-10-18/h1,6-10,12,14H,4,11,13H2,2-3H3/b21-20+. The van der Waals surface area contributed by atoms with Gasteiger partial charge in [-0.15, -0.1) is 13.0 Å². The molecule has 0 heterocycles. The highest BCUT2D eigenvalue weighted by molar-refractivity contribution is 6.31. The smallest absolute Gasteiger partial charge is 0.113 e. The molecule has 0 aliphatic carbocycles. The summed E-state index contributed by atoms with van der Waals surface area (Å²) in [5.74, 6) is 2.79. The lowest BCUT2D eigenvalue weighted by Gasteiger charge is -2.15. The summed E-state index contributed by atoms with van der Waals surface area (Å²) in [6.07, 6.45) is 7.40. The van der Waals surface area contributed by atoms with E-state index in [4.69, 9.17) is 25.9 Å². The fourth-order valence-electron chi connectivity index (χ4n) is 2.66. The topological polar surface area (TPSA) is 0 Å². The van der Waals surface area contributed by atoms with Crippen LogP contribution in [0.2, 0.25) is 5.02 Å². The monoisotopic (exact) mass is 330 g/mol. The van der Waals surface area contributed by atoms with E-state index >= 15 is 0 Å². The van der Waals surface area contributed by atoms with Gasteiger partial charge in [-0.2, -0.15) is 0 Å². The van der Waals surface area contributed by atoms with Crippen molar-refractivity contribution < 1.29 is 0 Å². The Morgan fingerprint density at radius 1 is 1.17 bits per heavy atom. The van der Waals surface area contributed by atoms with Crippen molar-refractivity contribution in [1.29, 1.82) is 0 Å². The largest absolute Gasteiger partial charge is 0.115 e. The zero-order valence-corrected chi connectivity index (χ0v) is 15.0. The summed E-state index contributed by atoms with van der Waals surface area (Å²) < 4.78 is 0. The molecule has 0 aliphatic heterocycles. The predicted molar refractivity (Wildman–Crippen MR) is 106 cm³/mol. The molecule has 0 bridgehead atoms. The van der Waals surface area contributed by atoms with Crippen molar-refractivity contribution in [1.82, 2.24) is 0 Å². The summed E-state index contributed by atoms with van der Waals surface area (Å²) in [6.45, 7) is 8.01. The van der Waals surface area contributed by atoms with E-state index < -0.39 is 0 Å². The number of benzene rings is 2. The molecule has 2 aromatic rings. The van der Waals surface area contributed by atoms with Crippen LogP contribution in [0.1, 0.15) is 28.7 Å². The summed E-state index contributed by atoms with van der Waals surface area (Å²) in [5, 5.41) is 0.656. The number of allylic oxidation sites excluding steroid dienone is 3. The van der Waals surface area contributed by atoms with E-state index in [0.717, 1.165) is 35.1 Å². The highest BCUT2D eigenvalue weighted by Gasteiger charge is 2.11. The Hall–Kier alpha value is -2.17. The van der Waals surface area contributed by atoms with E-state index in [-0.39, 0.29) is 0 Å². The van der Waals surface area contributed by atoms with Gasteiger partial charge in [-0.1, -0.05) is 58.9 Å². The van der Waals surface area contributed by atoms with Crippen LogP contribution < -0.4 is 0 Å². The molecule has 0 spiro atoms. The molecule has 2 heteroatoms. The Bertz CT molecular complexity index is 820. The zero-order valence-electron chi connectivity index (χ0n) is 14.2. The maximum atomic E-state index is 6.15. The van der Waals surface area contributed by atoms with Crippen molar-refractivity contribution in [3.63, 3.8) is 0 Å². The van der Waals surface area contributed by atoms with Gasteiger partial charge in [-0.3, -0.25) is 0 Å². The first kappa shape index (κ1) is 18.2. The SMILES string of the molecule is [B]C(=C)/C(CCc1ccc(C)cc1)=C(\C#C)c1cc(Cl)ccc1C. The van der Waals surface area contributed by atoms with Crippen molar-refractivity contribution in [3.8, 4) is 12.3 Å². The average molecular weight is 331 g/mol. The fraction of sp³-hybridized carbons (Fsp3) is 0.182. The third-order valence-electron chi connectivity index (χ3n) is 4.09. The normalized spacial score (nSPS) is 11.6. The first-order chi connectivity index (χ1) is 11.4. The second-order valence-electron chi connectivity index (χ2n) is 5.97. The minimum Gasteiger partial charge on any atom is -0.115 e. The van der Waals surface area contributed by atoms with E-state index in [1.807, 2.05) is 25.1 Å². The summed E-state index contributed by atoms with van der Waals surface area (Å²) >= 11 is 6.15. The Morgan fingerprint density at radius 2 is 1.83 bits per heavy atom. The van der Waals surface area contributed by atoms with E-state index in [2.05, 4.69) is 43.7 Å². The van der Waals surface area contributed by atoms with E-state index in [1.165, 1.54) is 11.1 Å². The van der Waals surface area contributed by atoms with Gasteiger partial charge < -0.3 is 0 Å². The molecule has 0 nitrogen and oxygen atoms in total. The molecule has 0 unspecified atom stereocenters. The zero-order chi connectivity index (χ0) is 17.7.